The number of pyridine rings is 1. The highest BCUT2D eigenvalue weighted by atomic mass is 19.1. The molecular formula is C26H22F2N4O3. The number of nitrogens with two attached hydrogens (primary N) is 1. The van der Waals surface area contributed by atoms with Crippen LogP contribution in [0.4, 0.5) is 14.5 Å². The van der Waals surface area contributed by atoms with Gasteiger partial charge in [-0.2, -0.15) is 0 Å². The minimum Gasteiger partial charge on any atom is -0.446 e. The van der Waals surface area contributed by atoms with Crippen molar-refractivity contribution in [2.45, 2.75) is 18.9 Å². The molecule has 3 heterocycles. The summed E-state index contributed by atoms with van der Waals surface area (Å²) < 4.78 is 33.2. The highest BCUT2D eigenvalue weighted by Gasteiger charge is 2.25. The Hall–Kier alpha value is -4.11. The van der Waals surface area contributed by atoms with Crippen molar-refractivity contribution in [1.29, 1.82) is 0 Å². The van der Waals surface area contributed by atoms with E-state index in [9.17, 15) is 18.4 Å². The van der Waals surface area contributed by atoms with Crippen LogP contribution in [0, 0.1) is 11.6 Å². The number of anilines is 1. The zero-order chi connectivity index (χ0) is 24.5. The van der Waals surface area contributed by atoms with Gasteiger partial charge in [0.1, 0.15) is 11.5 Å². The van der Waals surface area contributed by atoms with Gasteiger partial charge in [0, 0.05) is 37.1 Å². The van der Waals surface area contributed by atoms with E-state index in [1.807, 2.05) is 18.2 Å². The number of carbonyl (C=O) groups excluding carboxylic acids is 2. The molecule has 1 fully saturated rings. The molecule has 9 heteroatoms. The Bertz CT molecular complexity index is 1420. The number of nitrogens with zero attached hydrogens (tertiary/aromatic N) is 2. The lowest BCUT2D eigenvalue weighted by molar-refractivity contribution is 0.0977. The van der Waals surface area contributed by atoms with Crippen molar-refractivity contribution in [1.82, 2.24) is 9.88 Å². The van der Waals surface area contributed by atoms with Crippen LogP contribution in [0.5, 0.6) is 0 Å². The van der Waals surface area contributed by atoms with Gasteiger partial charge in [0.05, 0.1) is 5.39 Å². The highest BCUT2D eigenvalue weighted by Crippen LogP contribution is 2.34. The number of nitrogens with one attached hydrogen (secondary N) is 1. The van der Waals surface area contributed by atoms with Crippen LogP contribution >= 0.6 is 0 Å². The molecule has 0 bridgehead atoms. The number of likely N-dealkylation sites (tertiary alicyclic amines) is 1. The predicted octanol–water partition coefficient (Wildman–Crippen LogP) is 4.45. The molecule has 1 aliphatic rings. The number of halogens is 2. The van der Waals surface area contributed by atoms with Crippen molar-refractivity contribution in [3.8, 4) is 0 Å². The van der Waals surface area contributed by atoms with Gasteiger partial charge in [0.15, 0.2) is 11.4 Å². The molecule has 2 aromatic carbocycles. The van der Waals surface area contributed by atoms with E-state index < -0.39 is 29.2 Å². The number of aromatic nitrogens is 1. The van der Waals surface area contributed by atoms with Gasteiger partial charge >= 0.3 is 0 Å². The molecule has 0 aliphatic carbocycles. The first kappa shape index (κ1) is 22.7. The minimum absolute atomic E-state index is 0.0833. The van der Waals surface area contributed by atoms with Crippen molar-refractivity contribution in [3.05, 3.63) is 95.0 Å². The summed E-state index contributed by atoms with van der Waals surface area (Å²) in [4.78, 5) is 31.2. The normalized spacial score (nSPS) is 16.0. The van der Waals surface area contributed by atoms with Gasteiger partial charge in [-0.3, -0.25) is 19.5 Å². The molecular weight excluding hydrogens is 454 g/mol. The summed E-state index contributed by atoms with van der Waals surface area (Å²) >= 11 is 0. The Morgan fingerprint density at radius 2 is 1.94 bits per heavy atom. The van der Waals surface area contributed by atoms with Gasteiger partial charge < -0.3 is 15.5 Å². The standard InChI is InChI=1S/C26H22F2N4O3/c27-19-11-20-22(24(25(29)33)35-23(20)21(28)12-19)31-26(34)17-3-1-2-15(10-17)13-32-9-6-18(14-32)16-4-7-30-8-5-16/h1-5,7-8,10-12,18H,6,9,13-14H2,(H2,29,33)(H,31,34). The van der Waals surface area contributed by atoms with E-state index in [2.05, 4.69) is 15.2 Å². The fourth-order valence-corrected chi connectivity index (χ4v) is 4.56. The lowest BCUT2D eigenvalue weighted by Crippen LogP contribution is -2.20. The first-order valence-electron chi connectivity index (χ1n) is 11.1. The molecule has 1 aliphatic heterocycles. The number of rotatable bonds is 6. The number of carbonyl (C=O) groups is 2. The maximum Gasteiger partial charge on any atom is 0.286 e. The van der Waals surface area contributed by atoms with Gasteiger partial charge in [-0.25, -0.2) is 8.78 Å². The fraction of sp³-hybridized carbons (Fsp3) is 0.192. The zero-order valence-corrected chi connectivity index (χ0v) is 18.6. The van der Waals surface area contributed by atoms with Crippen molar-refractivity contribution < 1.29 is 22.8 Å². The van der Waals surface area contributed by atoms with Crippen LogP contribution in [0.1, 0.15) is 44.4 Å². The molecule has 7 nitrogen and oxygen atoms in total. The van der Waals surface area contributed by atoms with Crippen molar-refractivity contribution in [2.75, 3.05) is 18.4 Å². The summed E-state index contributed by atoms with van der Waals surface area (Å²) in [5, 5.41) is 2.47. The Kier molecular flexibility index (Phi) is 6.00. The summed E-state index contributed by atoms with van der Waals surface area (Å²) in [6, 6.07) is 12.8. The first-order chi connectivity index (χ1) is 16.9. The molecule has 4 aromatic rings. The third-order valence-electron chi connectivity index (χ3n) is 6.22. The first-order valence-corrected chi connectivity index (χ1v) is 11.1. The van der Waals surface area contributed by atoms with Crippen LogP contribution in [-0.2, 0) is 6.54 Å². The van der Waals surface area contributed by atoms with Crippen molar-refractivity contribution >= 4 is 28.5 Å². The monoisotopic (exact) mass is 476 g/mol. The fourth-order valence-electron chi connectivity index (χ4n) is 4.56. The average molecular weight is 476 g/mol. The van der Waals surface area contributed by atoms with Gasteiger partial charge in [-0.1, -0.05) is 12.1 Å². The zero-order valence-electron chi connectivity index (χ0n) is 18.6. The molecule has 0 spiro atoms. The molecule has 2 amide bonds. The van der Waals surface area contributed by atoms with Gasteiger partial charge in [-0.15, -0.1) is 0 Å². The van der Waals surface area contributed by atoms with Crippen LogP contribution in [0.25, 0.3) is 11.0 Å². The molecule has 0 saturated carbocycles. The van der Waals surface area contributed by atoms with Crippen LogP contribution < -0.4 is 11.1 Å². The topological polar surface area (TPSA) is 101 Å². The molecule has 0 radical (unpaired) electrons. The summed E-state index contributed by atoms with van der Waals surface area (Å²) in [5.74, 6) is -3.46. The van der Waals surface area contributed by atoms with E-state index >= 15 is 0 Å². The van der Waals surface area contributed by atoms with E-state index in [1.165, 1.54) is 5.56 Å². The van der Waals surface area contributed by atoms with E-state index in [-0.39, 0.29) is 16.7 Å². The number of furan rings is 1. The number of benzene rings is 2. The number of hydrogen-bond donors (Lipinski definition) is 2. The molecule has 2 aromatic heterocycles. The molecule has 5 rings (SSSR count). The number of amides is 2. The maximum absolute atomic E-state index is 14.1. The molecule has 1 unspecified atom stereocenters. The van der Waals surface area contributed by atoms with Crippen LogP contribution in [0.15, 0.2) is 65.3 Å². The third-order valence-corrected chi connectivity index (χ3v) is 6.22. The average Bonchev–Trinajstić information content (AvgIpc) is 3.45. The SMILES string of the molecule is NC(=O)c1oc2c(F)cc(F)cc2c1NC(=O)c1cccc(CN2CCC(c3ccncc3)C2)c1. The summed E-state index contributed by atoms with van der Waals surface area (Å²) in [7, 11) is 0. The minimum atomic E-state index is -1.01. The predicted molar refractivity (Wildman–Crippen MR) is 126 cm³/mol. The number of primary amides is 1. The lowest BCUT2D eigenvalue weighted by Gasteiger charge is -2.17. The molecule has 1 saturated heterocycles. The van der Waals surface area contributed by atoms with E-state index in [4.69, 9.17) is 10.2 Å². The van der Waals surface area contributed by atoms with Crippen LogP contribution in [-0.4, -0.2) is 34.8 Å². The Balaban J connectivity index is 1.34. The smallest absolute Gasteiger partial charge is 0.286 e. The van der Waals surface area contributed by atoms with Gasteiger partial charge in [-0.05, 0) is 60.3 Å². The van der Waals surface area contributed by atoms with Gasteiger partial charge in [0.2, 0.25) is 5.76 Å². The Morgan fingerprint density at radius 3 is 2.71 bits per heavy atom. The maximum atomic E-state index is 14.1. The molecule has 3 N–H and O–H groups in total. The summed E-state index contributed by atoms with van der Waals surface area (Å²) in [6.45, 7) is 2.50. The summed E-state index contributed by atoms with van der Waals surface area (Å²) in [6.07, 6.45) is 4.65. The largest absolute Gasteiger partial charge is 0.446 e. The quantitative estimate of drug-likeness (QED) is 0.428. The van der Waals surface area contributed by atoms with E-state index in [1.54, 1.807) is 30.6 Å². The molecule has 178 valence electrons. The van der Waals surface area contributed by atoms with Gasteiger partial charge in [0.25, 0.3) is 11.8 Å². The molecule has 35 heavy (non-hydrogen) atoms. The molecule has 1 atom stereocenters. The Labute approximate surface area is 199 Å². The highest BCUT2D eigenvalue weighted by molar-refractivity contribution is 6.14. The van der Waals surface area contributed by atoms with Crippen LogP contribution in [0.3, 0.4) is 0 Å². The van der Waals surface area contributed by atoms with E-state index in [0.29, 0.717) is 24.1 Å². The lowest BCUT2D eigenvalue weighted by atomic mass is 10.00. The van der Waals surface area contributed by atoms with Crippen molar-refractivity contribution in [2.24, 2.45) is 5.73 Å². The second-order valence-corrected chi connectivity index (χ2v) is 8.59. The second kappa shape index (κ2) is 9.27. The third kappa shape index (κ3) is 4.63. The number of hydrogen-bond acceptors (Lipinski definition) is 5. The van der Waals surface area contributed by atoms with Crippen LogP contribution in [0.2, 0.25) is 0 Å². The Morgan fingerprint density at radius 1 is 1.14 bits per heavy atom. The second-order valence-electron chi connectivity index (χ2n) is 8.59. The summed E-state index contributed by atoms with van der Waals surface area (Å²) in [5.41, 5.74) is 7.35. The van der Waals surface area contributed by atoms with Crippen molar-refractivity contribution in [3.63, 3.8) is 0 Å². The van der Waals surface area contributed by atoms with E-state index in [0.717, 1.165) is 31.1 Å². The number of fused-ring (bicyclic) bond motifs is 1.